The number of carbonyl (C=O) groups is 2. The summed E-state index contributed by atoms with van der Waals surface area (Å²) in [5, 5.41) is 3.28. The Kier molecular flexibility index (Phi) is 4.90. The molecule has 0 radical (unpaired) electrons. The standard InChI is InChI=1S/C18H22ClNO3/c1-11-2-5-15(19)9-16(11)20-17(21)10-23-18(22)8-14-7-12-3-4-13(14)6-12/h2,5,9,12-14H,3-4,6-8,10H2,1H3,(H,20,21)/t12-,13-,14+/m1/s1. The molecule has 1 N–H and O–H groups in total. The summed E-state index contributed by atoms with van der Waals surface area (Å²) in [4.78, 5) is 23.8. The molecule has 1 aromatic rings. The molecule has 0 spiro atoms. The lowest BCUT2D eigenvalue weighted by Gasteiger charge is -2.20. The smallest absolute Gasteiger partial charge is 0.306 e. The Labute approximate surface area is 141 Å². The fourth-order valence-corrected chi connectivity index (χ4v) is 4.13. The zero-order valence-corrected chi connectivity index (χ0v) is 14.1. The minimum atomic E-state index is -0.336. The van der Waals surface area contributed by atoms with Crippen molar-refractivity contribution >= 4 is 29.2 Å². The van der Waals surface area contributed by atoms with Gasteiger partial charge in [-0.3, -0.25) is 9.59 Å². The van der Waals surface area contributed by atoms with Crippen molar-refractivity contribution < 1.29 is 14.3 Å². The van der Waals surface area contributed by atoms with Crippen molar-refractivity contribution in [3.8, 4) is 0 Å². The topological polar surface area (TPSA) is 55.4 Å². The Hall–Kier alpha value is -1.55. The number of benzene rings is 1. The number of esters is 1. The molecule has 0 aliphatic heterocycles. The summed E-state index contributed by atoms with van der Waals surface area (Å²) in [7, 11) is 0. The maximum Gasteiger partial charge on any atom is 0.306 e. The highest BCUT2D eigenvalue weighted by Gasteiger charge is 2.40. The molecule has 0 unspecified atom stereocenters. The Morgan fingerprint density at radius 1 is 1.30 bits per heavy atom. The SMILES string of the molecule is Cc1ccc(Cl)cc1NC(=O)COC(=O)C[C@@H]1C[C@@H]2CC[C@@H]1C2. The summed E-state index contributed by atoms with van der Waals surface area (Å²) < 4.78 is 5.13. The average Bonchev–Trinajstić information content (AvgIpc) is 3.11. The predicted molar refractivity (Wildman–Crippen MR) is 89.3 cm³/mol. The average molecular weight is 336 g/mol. The number of amides is 1. The van der Waals surface area contributed by atoms with Crippen LogP contribution in [0.4, 0.5) is 5.69 Å². The zero-order chi connectivity index (χ0) is 16.4. The number of hydrogen-bond acceptors (Lipinski definition) is 3. The van der Waals surface area contributed by atoms with Crippen molar-refractivity contribution in [2.75, 3.05) is 11.9 Å². The van der Waals surface area contributed by atoms with E-state index in [0.717, 1.165) is 17.9 Å². The molecule has 124 valence electrons. The molecule has 2 saturated carbocycles. The van der Waals surface area contributed by atoms with Crippen LogP contribution in [-0.4, -0.2) is 18.5 Å². The fraction of sp³-hybridized carbons (Fsp3) is 0.556. The molecular weight excluding hydrogens is 314 g/mol. The highest BCUT2D eigenvalue weighted by atomic mass is 35.5. The van der Waals surface area contributed by atoms with Crippen LogP contribution in [-0.2, 0) is 14.3 Å². The second-order valence-corrected chi connectivity index (χ2v) is 7.24. The number of rotatable bonds is 5. The van der Waals surface area contributed by atoms with Gasteiger partial charge >= 0.3 is 5.97 Å². The van der Waals surface area contributed by atoms with Crippen molar-refractivity contribution in [2.45, 2.75) is 39.0 Å². The van der Waals surface area contributed by atoms with Crippen LogP contribution in [0.2, 0.25) is 5.02 Å². The van der Waals surface area contributed by atoms with Gasteiger partial charge in [0, 0.05) is 17.1 Å². The second-order valence-electron chi connectivity index (χ2n) is 6.81. The van der Waals surface area contributed by atoms with Crippen LogP contribution in [0, 0.1) is 24.7 Å². The number of halogens is 1. The molecule has 2 aliphatic rings. The Bertz CT molecular complexity index is 616. The van der Waals surface area contributed by atoms with E-state index in [2.05, 4.69) is 5.32 Å². The highest BCUT2D eigenvalue weighted by molar-refractivity contribution is 6.31. The summed E-state index contributed by atoms with van der Waals surface area (Å²) in [6.07, 6.45) is 5.43. The zero-order valence-electron chi connectivity index (χ0n) is 13.3. The normalized spacial score (nSPS) is 25.4. The number of aryl methyl sites for hydroxylation is 1. The first kappa shape index (κ1) is 16.3. The maximum atomic E-state index is 11.9. The van der Waals surface area contributed by atoms with Crippen LogP contribution < -0.4 is 5.32 Å². The summed E-state index contributed by atoms with van der Waals surface area (Å²) in [5.74, 6) is 1.36. The predicted octanol–water partition coefficient (Wildman–Crippen LogP) is 3.96. The minimum absolute atomic E-state index is 0.244. The molecule has 4 nitrogen and oxygen atoms in total. The van der Waals surface area contributed by atoms with Gasteiger partial charge in [0.1, 0.15) is 0 Å². The van der Waals surface area contributed by atoms with Crippen LogP contribution in [0.5, 0.6) is 0 Å². The lowest BCUT2D eigenvalue weighted by Crippen LogP contribution is -2.23. The monoisotopic (exact) mass is 335 g/mol. The molecule has 23 heavy (non-hydrogen) atoms. The fourth-order valence-electron chi connectivity index (χ4n) is 3.96. The number of nitrogens with one attached hydrogen (secondary N) is 1. The number of hydrogen-bond donors (Lipinski definition) is 1. The van der Waals surface area contributed by atoms with Crippen LogP contribution in [0.3, 0.4) is 0 Å². The molecule has 0 heterocycles. The van der Waals surface area contributed by atoms with E-state index >= 15 is 0 Å². The molecule has 0 saturated heterocycles. The quantitative estimate of drug-likeness (QED) is 0.829. The molecule has 3 rings (SSSR count). The van der Waals surface area contributed by atoms with E-state index in [-0.39, 0.29) is 18.5 Å². The van der Waals surface area contributed by atoms with E-state index < -0.39 is 0 Å². The van der Waals surface area contributed by atoms with Crippen molar-refractivity contribution in [1.82, 2.24) is 0 Å². The molecule has 2 bridgehead atoms. The van der Waals surface area contributed by atoms with Crippen LogP contribution in [0.1, 0.15) is 37.7 Å². The van der Waals surface area contributed by atoms with Gasteiger partial charge in [0.15, 0.2) is 6.61 Å². The van der Waals surface area contributed by atoms with E-state index in [9.17, 15) is 9.59 Å². The molecule has 1 amide bonds. The van der Waals surface area contributed by atoms with Gasteiger partial charge in [0.2, 0.25) is 0 Å². The molecule has 0 aromatic heterocycles. The first-order valence-corrected chi connectivity index (χ1v) is 8.60. The van der Waals surface area contributed by atoms with Crippen molar-refractivity contribution in [3.05, 3.63) is 28.8 Å². The Morgan fingerprint density at radius 2 is 2.13 bits per heavy atom. The highest BCUT2D eigenvalue weighted by Crippen LogP contribution is 2.49. The van der Waals surface area contributed by atoms with Crippen molar-refractivity contribution in [1.29, 1.82) is 0 Å². The largest absolute Gasteiger partial charge is 0.456 e. The first-order valence-electron chi connectivity index (χ1n) is 8.23. The second kappa shape index (κ2) is 6.91. The summed E-state index contributed by atoms with van der Waals surface area (Å²) in [6.45, 7) is 1.64. The molecular formula is C18H22ClNO3. The van der Waals surface area contributed by atoms with Gasteiger partial charge in [-0.25, -0.2) is 0 Å². The maximum absolute atomic E-state index is 11.9. The number of fused-ring (bicyclic) bond motifs is 2. The van der Waals surface area contributed by atoms with Crippen molar-refractivity contribution in [2.24, 2.45) is 17.8 Å². The summed E-state index contributed by atoms with van der Waals surface area (Å²) in [5.41, 5.74) is 1.56. The van der Waals surface area contributed by atoms with E-state index in [4.69, 9.17) is 16.3 Å². The molecule has 1 aromatic carbocycles. The van der Waals surface area contributed by atoms with E-state index in [1.807, 2.05) is 13.0 Å². The molecule has 3 atom stereocenters. The third kappa shape index (κ3) is 4.05. The van der Waals surface area contributed by atoms with E-state index in [1.165, 1.54) is 19.3 Å². The van der Waals surface area contributed by atoms with Gasteiger partial charge in [0.25, 0.3) is 5.91 Å². The van der Waals surface area contributed by atoms with Gasteiger partial charge < -0.3 is 10.1 Å². The molecule has 2 aliphatic carbocycles. The Balaban J connectivity index is 1.43. The number of carbonyl (C=O) groups excluding carboxylic acids is 2. The Morgan fingerprint density at radius 3 is 2.83 bits per heavy atom. The van der Waals surface area contributed by atoms with Crippen molar-refractivity contribution in [3.63, 3.8) is 0 Å². The first-order chi connectivity index (χ1) is 11.0. The molecule has 2 fully saturated rings. The van der Waals surface area contributed by atoms with Gasteiger partial charge in [-0.05, 0) is 61.6 Å². The van der Waals surface area contributed by atoms with Crippen LogP contribution in [0.15, 0.2) is 18.2 Å². The van der Waals surface area contributed by atoms with Crippen LogP contribution >= 0.6 is 11.6 Å². The van der Waals surface area contributed by atoms with E-state index in [1.54, 1.807) is 12.1 Å². The lowest BCUT2D eigenvalue weighted by atomic mass is 9.86. The minimum Gasteiger partial charge on any atom is -0.456 e. The third-order valence-electron chi connectivity index (χ3n) is 5.15. The van der Waals surface area contributed by atoms with E-state index in [0.29, 0.717) is 29.0 Å². The lowest BCUT2D eigenvalue weighted by molar-refractivity contribution is -0.148. The van der Waals surface area contributed by atoms with Crippen LogP contribution in [0.25, 0.3) is 0 Å². The number of ether oxygens (including phenoxy) is 1. The van der Waals surface area contributed by atoms with Gasteiger partial charge in [0.05, 0.1) is 0 Å². The molecule has 5 heteroatoms. The van der Waals surface area contributed by atoms with Gasteiger partial charge in [-0.2, -0.15) is 0 Å². The third-order valence-corrected chi connectivity index (χ3v) is 5.39. The summed E-state index contributed by atoms with van der Waals surface area (Å²) in [6, 6.07) is 5.28. The number of anilines is 1. The summed E-state index contributed by atoms with van der Waals surface area (Å²) >= 11 is 5.92. The van der Waals surface area contributed by atoms with Gasteiger partial charge in [-0.1, -0.05) is 24.1 Å². The van der Waals surface area contributed by atoms with Gasteiger partial charge in [-0.15, -0.1) is 0 Å².